The zero-order valence-corrected chi connectivity index (χ0v) is 15.1. The van der Waals surface area contributed by atoms with Gasteiger partial charge in [-0.3, -0.25) is 9.59 Å². The minimum absolute atomic E-state index is 0.0334. The van der Waals surface area contributed by atoms with E-state index >= 15 is 0 Å². The van der Waals surface area contributed by atoms with Crippen molar-refractivity contribution in [2.24, 2.45) is 11.7 Å². The van der Waals surface area contributed by atoms with Crippen LogP contribution in [0.15, 0.2) is 18.2 Å². The summed E-state index contributed by atoms with van der Waals surface area (Å²) in [5, 5.41) is 6.36. The highest BCUT2D eigenvalue weighted by Gasteiger charge is 2.28. The molecule has 2 unspecified atom stereocenters. The fraction of sp³-hybridized carbons (Fsp3) is 0.579. The van der Waals surface area contributed by atoms with Crippen molar-refractivity contribution in [3.05, 3.63) is 28.8 Å². The van der Waals surface area contributed by atoms with E-state index in [4.69, 9.17) is 17.3 Å². The van der Waals surface area contributed by atoms with Crippen molar-refractivity contribution in [2.75, 3.05) is 5.32 Å². The lowest BCUT2D eigenvalue weighted by atomic mass is 9.95. The van der Waals surface area contributed by atoms with Gasteiger partial charge in [-0.15, -0.1) is 0 Å². The molecule has 2 amide bonds. The Morgan fingerprint density at radius 1 is 1.08 bits per heavy atom. The molecule has 4 N–H and O–H groups in total. The third-order valence-corrected chi connectivity index (χ3v) is 5.59. The van der Waals surface area contributed by atoms with Crippen molar-refractivity contribution in [1.29, 1.82) is 0 Å². The number of nitrogens with one attached hydrogen (secondary N) is 2. The predicted molar refractivity (Wildman–Crippen MR) is 99.7 cm³/mol. The highest BCUT2D eigenvalue weighted by molar-refractivity contribution is 6.34. The number of rotatable bonds is 4. The number of hydrogen-bond acceptors (Lipinski definition) is 3. The Bertz CT molecular complexity index is 644. The summed E-state index contributed by atoms with van der Waals surface area (Å²) in [5.74, 6) is -0.255. The first kappa shape index (κ1) is 18.2. The quantitative estimate of drug-likeness (QED) is 0.765. The largest absolute Gasteiger partial charge is 0.349 e. The lowest BCUT2D eigenvalue weighted by Crippen LogP contribution is -2.36. The minimum Gasteiger partial charge on any atom is -0.349 e. The Morgan fingerprint density at radius 2 is 1.84 bits per heavy atom. The number of halogens is 1. The molecule has 2 saturated carbocycles. The van der Waals surface area contributed by atoms with Gasteiger partial charge in [0.15, 0.2) is 0 Å². The predicted octanol–water partition coefficient (Wildman–Crippen LogP) is 3.47. The second-order valence-electron chi connectivity index (χ2n) is 7.26. The van der Waals surface area contributed by atoms with Gasteiger partial charge in [-0.25, -0.2) is 0 Å². The van der Waals surface area contributed by atoms with Crippen LogP contribution in [0.2, 0.25) is 5.02 Å². The highest BCUT2D eigenvalue weighted by atomic mass is 35.5. The first-order valence-corrected chi connectivity index (χ1v) is 9.57. The van der Waals surface area contributed by atoms with E-state index in [1.807, 2.05) is 0 Å². The molecule has 0 saturated heterocycles. The van der Waals surface area contributed by atoms with Crippen molar-refractivity contribution < 1.29 is 9.59 Å². The number of amides is 2. The van der Waals surface area contributed by atoms with Crippen LogP contribution in [-0.4, -0.2) is 23.9 Å². The zero-order valence-electron chi connectivity index (χ0n) is 14.4. The molecule has 0 aliphatic heterocycles. The van der Waals surface area contributed by atoms with Gasteiger partial charge in [0.1, 0.15) is 0 Å². The summed E-state index contributed by atoms with van der Waals surface area (Å²) < 4.78 is 0. The first-order chi connectivity index (χ1) is 12.0. The second-order valence-corrected chi connectivity index (χ2v) is 7.67. The number of anilines is 1. The third kappa shape index (κ3) is 4.73. The molecule has 25 heavy (non-hydrogen) atoms. The van der Waals surface area contributed by atoms with Crippen LogP contribution in [-0.2, 0) is 4.79 Å². The Hall–Kier alpha value is -1.59. The molecule has 2 atom stereocenters. The van der Waals surface area contributed by atoms with E-state index in [-0.39, 0.29) is 29.8 Å². The maximum Gasteiger partial charge on any atom is 0.253 e. The maximum atomic E-state index is 12.5. The van der Waals surface area contributed by atoms with E-state index in [0.717, 1.165) is 38.5 Å². The van der Waals surface area contributed by atoms with Gasteiger partial charge in [-0.2, -0.15) is 0 Å². The fourth-order valence-corrected chi connectivity index (χ4v) is 3.99. The standard InChI is InChI=1S/C19H26ClN3O2/c20-17-9-8-15(23-18(24)12-6-7-13(21)10-12)11-16(17)19(25)22-14-4-2-1-3-5-14/h8-9,11-14H,1-7,10,21H2,(H,22,25)(H,23,24). The molecule has 2 fully saturated rings. The molecule has 3 rings (SSSR count). The van der Waals surface area contributed by atoms with Gasteiger partial charge in [0.05, 0.1) is 10.6 Å². The lowest BCUT2D eigenvalue weighted by molar-refractivity contribution is -0.119. The van der Waals surface area contributed by atoms with E-state index in [0.29, 0.717) is 22.7 Å². The van der Waals surface area contributed by atoms with Crippen molar-refractivity contribution in [2.45, 2.75) is 63.5 Å². The van der Waals surface area contributed by atoms with Gasteiger partial charge in [0, 0.05) is 23.7 Å². The molecule has 5 nitrogen and oxygen atoms in total. The van der Waals surface area contributed by atoms with E-state index in [1.165, 1.54) is 6.42 Å². The average Bonchev–Trinajstić information content (AvgIpc) is 3.04. The number of benzene rings is 1. The molecular formula is C19H26ClN3O2. The average molecular weight is 364 g/mol. The van der Waals surface area contributed by atoms with Crippen molar-refractivity contribution in [3.63, 3.8) is 0 Å². The Kier molecular flexibility index (Phi) is 5.97. The maximum absolute atomic E-state index is 12.5. The molecule has 0 aromatic heterocycles. The van der Waals surface area contributed by atoms with Gasteiger partial charge in [0.2, 0.25) is 5.91 Å². The van der Waals surface area contributed by atoms with Crippen LogP contribution in [0.5, 0.6) is 0 Å². The van der Waals surface area contributed by atoms with Gasteiger partial charge in [-0.05, 0) is 50.3 Å². The zero-order chi connectivity index (χ0) is 17.8. The van der Waals surface area contributed by atoms with Crippen LogP contribution in [0.3, 0.4) is 0 Å². The normalized spacial score (nSPS) is 24.1. The molecular weight excluding hydrogens is 338 g/mol. The summed E-state index contributed by atoms with van der Waals surface area (Å²) in [6.07, 6.45) is 7.98. The summed E-state index contributed by atoms with van der Waals surface area (Å²) in [5.41, 5.74) is 6.89. The van der Waals surface area contributed by atoms with Crippen LogP contribution in [0.1, 0.15) is 61.7 Å². The first-order valence-electron chi connectivity index (χ1n) is 9.20. The summed E-state index contributed by atoms with van der Waals surface area (Å²) in [7, 11) is 0. The molecule has 0 bridgehead atoms. The third-order valence-electron chi connectivity index (χ3n) is 5.26. The topological polar surface area (TPSA) is 84.2 Å². The van der Waals surface area contributed by atoms with Gasteiger partial charge in [0.25, 0.3) is 5.91 Å². The molecule has 2 aliphatic carbocycles. The molecule has 2 aliphatic rings. The van der Waals surface area contributed by atoms with Crippen molar-refractivity contribution in [3.8, 4) is 0 Å². The monoisotopic (exact) mass is 363 g/mol. The van der Waals surface area contributed by atoms with Crippen LogP contribution in [0.4, 0.5) is 5.69 Å². The van der Waals surface area contributed by atoms with E-state index < -0.39 is 0 Å². The number of nitrogens with two attached hydrogens (primary N) is 1. The van der Waals surface area contributed by atoms with Crippen LogP contribution in [0, 0.1) is 5.92 Å². The van der Waals surface area contributed by atoms with Crippen LogP contribution >= 0.6 is 11.6 Å². The molecule has 1 aromatic rings. The summed E-state index contributed by atoms with van der Waals surface area (Å²) >= 11 is 6.20. The number of hydrogen-bond donors (Lipinski definition) is 3. The van der Waals surface area contributed by atoms with E-state index in [2.05, 4.69) is 10.6 Å². The van der Waals surface area contributed by atoms with Crippen LogP contribution < -0.4 is 16.4 Å². The van der Waals surface area contributed by atoms with Gasteiger partial charge < -0.3 is 16.4 Å². The Labute approximate surface area is 153 Å². The van der Waals surface area contributed by atoms with Gasteiger partial charge >= 0.3 is 0 Å². The fourth-order valence-electron chi connectivity index (χ4n) is 3.79. The van der Waals surface area contributed by atoms with E-state index in [9.17, 15) is 9.59 Å². The van der Waals surface area contributed by atoms with Gasteiger partial charge in [-0.1, -0.05) is 30.9 Å². The number of carbonyl (C=O) groups excluding carboxylic acids is 2. The summed E-state index contributed by atoms with van der Waals surface area (Å²) in [6.45, 7) is 0. The lowest BCUT2D eigenvalue weighted by Gasteiger charge is -2.23. The summed E-state index contributed by atoms with van der Waals surface area (Å²) in [6, 6.07) is 5.38. The summed E-state index contributed by atoms with van der Waals surface area (Å²) in [4.78, 5) is 24.9. The Balaban J connectivity index is 1.65. The van der Waals surface area contributed by atoms with Crippen molar-refractivity contribution in [1.82, 2.24) is 5.32 Å². The van der Waals surface area contributed by atoms with E-state index in [1.54, 1.807) is 18.2 Å². The van der Waals surface area contributed by atoms with Crippen LogP contribution in [0.25, 0.3) is 0 Å². The van der Waals surface area contributed by atoms with Crippen molar-refractivity contribution >= 4 is 29.1 Å². The highest BCUT2D eigenvalue weighted by Crippen LogP contribution is 2.27. The molecule has 136 valence electrons. The molecule has 0 heterocycles. The molecule has 6 heteroatoms. The second kappa shape index (κ2) is 8.19. The minimum atomic E-state index is -0.170. The molecule has 1 aromatic carbocycles. The SMILES string of the molecule is NC1CCC(C(=O)Nc2ccc(Cl)c(C(=O)NC3CCCCC3)c2)C1. The Morgan fingerprint density at radius 3 is 2.52 bits per heavy atom. The molecule has 0 radical (unpaired) electrons. The number of carbonyl (C=O) groups is 2. The molecule has 0 spiro atoms. The smallest absolute Gasteiger partial charge is 0.253 e.